The highest BCUT2D eigenvalue weighted by molar-refractivity contribution is 7.83. The van der Waals surface area contributed by atoms with Gasteiger partial charge in [-0.2, -0.15) is 0 Å². The zero-order chi connectivity index (χ0) is 9.97. The fourth-order valence-electron chi connectivity index (χ4n) is 1.34. The second-order valence-corrected chi connectivity index (χ2v) is 4.19. The van der Waals surface area contributed by atoms with Crippen molar-refractivity contribution in [2.24, 2.45) is 0 Å². The maximum absolute atomic E-state index is 11.6. The first-order chi connectivity index (χ1) is 6.83. The van der Waals surface area contributed by atoms with Gasteiger partial charge in [0.05, 0.1) is 10.4 Å². The van der Waals surface area contributed by atoms with Crippen LogP contribution in [0.5, 0.6) is 0 Å². The molecule has 0 bridgehead atoms. The van der Waals surface area contributed by atoms with Crippen molar-refractivity contribution in [2.45, 2.75) is 4.90 Å². The van der Waals surface area contributed by atoms with Gasteiger partial charge in [-0.3, -0.25) is 4.98 Å². The zero-order valence-electron chi connectivity index (χ0n) is 7.73. The summed E-state index contributed by atoms with van der Waals surface area (Å²) in [6, 6.07) is 9.49. The summed E-state index contributed by atoms with van der Waals surface area (Å²) in [4.78, 5) is 4.94. The molecule has 14 heavy (non-hydrogen) atoms. The summed E-state index contributed by atoms with van der Waals surface area (Å²) in [5.41, 5.74) is 0.794. The Morgan fingerprint density at radius 2 is 2.07 bits per heavy atom. The SMILES string of the molecule is CNS(=O)c1cccc2cccnc12. The van der Waals surface area contributed by atoms with E-state index in [0.717, 1.165) is 15.8 Å². The second-order valence-electron chi connectivity index (χ2n) is 2.80. The molecule has 72 valence electrons. The van der Waals surface area contributed by atoms with Gasteiger partial charge in [0.25, 0.3) is 0 Å². The van der Waals surface area contributed by atoms with Gasteiger partial charge in [-0.05, 0) is 19.2 Å². The number of benzene rings is 1. The van der Waals surface area contributed by atoms with Crippen LogP contribution in [-0.4, -0.2) is 16.2 Å². The Bertz CT molecular complexity index is 479. The predicted octanol–water partition coefficient (Wildman–Crippen LogP) is 1.48. The van der Waals surface area contributed by atoms with Gasteiger partial charge in [0.15, 0.2) is 0 Å². The van der Waals surface area contributed by atoms with E-state index in [2.05, 4.69) is 9.71 Å². The summed E-state index contributed by atoms with van der Waals surface area (Å²) in [5.74, 6) is 0. The monoisotopic (exact) mass is 206 g/mol. The molecule has 3 nitrogen and oxygen atoms in total. The largest absolute Gasteiger partial charge is 0.255 e. The van der Waals surface area contributed by atoms with Gasteiger partial charge in [0.2, 0.25) is 0 Å². The summed E-state index contributed by atoms with van der Waals surface area (Å²) < 4.78 is 14.3. The van der Waals surface area contributed by atoms with Gasteiger partial charge in [-0.1, -0.05) is 18.2 Å². The van der Waals surface area contributed by atoms with E-state index in [1.807, 2.05) is 30.3 Å². The fraction of sp³-hybridized carbons (Fsp3) is 0.100. The molecule has 2 aromatic rings. The van der Waals surface area contributed by atoms with E-state index in [9.17, 15) is 4.21 Å². The lowest BCUT2D eigenvalue weighted by Crippen LogP contribution is -2.11. The molecule has 1 unspecified atom stereocenters. The number of rotatable bonds is 2. The molecule has 0 spiro atoms. The minimum atomic E-state index is -1.18. The third-order valence-electron chi connectivity index (χ3n) is 1.98. The Hall–Kier alpha value is -1.26. The molecule has 0 saturated carbocycles. The number of hydrogen-bond acceptors (Lipinski definition) is 2. The van der Waals surface area contributed by atoms with Crippen molar-refractivity contribution >= 4 is 21.9 Å². The zero-order valence-corrected chi connectivity index (χ0v) is 8.54. The van der Waals surface area contributed by atoms with Crippen molar-refractivity contribution in [1.82, 2.24) is 9.71 Å². The highest BCUT2D eigenvalue weighted by Gasteiger charge is 2.06. The molecule has 1 heterocycles. The smallest absolute Gasteiger partial charge is 0.126 e. The molecule has 0 aliphatic heterocycles. The molecule has 0 aliphatic rings. The molecular formula is C10H10N2OS. The maximum atomic E-state index is 11.6. The van der Waals surface area contributed by atoms with Crippen LogP contribution in [0.1, 0.15) is 0 Å². The summed E-state index contributed by atoms with van der Waals surface area (Å²) in [6.07, 6.45) is 1.71. The number of fused-ring (bicyclic) bond motifs is 1. The molecule has 2 rings (SSSR count). The van der Waals surface area contributed by atoms with Gasteiger partial charge in [0, 0.05) is 11.6 Å². The van der Waals surface area contributed by atoms with Crippen LogP contribution >= 0.6 is 0 Å². The van der Waals surface area contributed by atoms with Crippen LogP contribution in [0.4, 0.5) is 0 Å². The van der Waals surface area contributed by atoms with E-state index in [0.29, 0.717) is 0 Å². The number of para-hydroxylation sites is 1. The lowest BCUT2D eigenvalue weighted by molar-refractivity contribution is 0.678. The van der Waals surface area contributed by atoms with E-state index in [1.165, 1.54) is 0 Å². The Labute approximate surface area is 84.8 Å². The van der Waals surface area contributed by atoms with Crippen molar-refractivity contribution in [2.75, 3.05) is 7.05 Å². The van der Waals surface area contributed by atoms with Crippen LogP contribution in [0.2, 0.25) is 0 Å². The van der Waals surface area contributed by atoms with E-state index in [1.54, 1.807) is 13.2 Å². The summed E-state index contributed by atoms with van der Waals surface area (Å²) in [7, 11) is 0.487. The number of pyridine rings is 1. The van der Waals surface area contributed by atoms with Crippen LogP contribution in [0.3, 0.4) is 0 Å². The quantitative estimate of drug-likeness (QED) is 0.808. The number of hydrogen-bond donors (Lipinski definition) is 1. The van der Waals surface area contributed by atoms with Crippen molar-refractivity contribution in [1.29, 1.82) is 0 Å². The lowest BCUT2D eigenvalue weighted by atomic mass is 10.2. The van der Waals surface area contributed by atoms with E-state index in [-0.39, 0.29) is 0 Å². The molecule has 0 radical (unpaired) electrons. The van der Waals surface area contributed by atoms with Gasteiger partial charge in [-0.25, -0.2) is 8.93 Å². The normalized spacial score (nSPS) is 12.9. The van der Waals surface area contributed by atoms with Gasteiger partial charge >= 0.3 is 0 Å². The maximum Gasteiger partial charge on any atom is 0.126 e. The fourth-order valence-corrected chi connectivity index (χ4v) is 2.10. The van der Waals surface area contributed by atoms with Crippen LogP contribution in [0.15, 0.2) is 41.4 Å². The molecule has 1 aromatic heterocycles. The van der Waals surface area contributed by atoms with E-state index >= 15 is 0 Å². The third-order valence-corrected chi connectivity index (χ3v) is 3.08. The van der Waals surface area contributed by atoms with Crippen LogP contribution in [-0.2, 0) is 11.0 Å². The molecule has 1 N–H and O–H groups in total. The summed E-state index contributed by atoms with van der Waals surface area (Å²) in [6.45, 7) is 0. The Morgan fingerprint density at radius 1 is 1.29 bits per heavy atom. The Kier molecular flexibility index (Phi) is 2.56. The first-order valence-corrected chi connectivity index (χ1v) is 5.41. The average molecular weight is 206 g/mol. The first-order valence-electron chi connectivity index (χ1n) is 4.26. The first kappa shape index (κ1) is 9.30. The number of nitrogens with one attached hydrogen (secondary N) is 1. The van der Waals surface area contributed by atoms with Gasteiger partial charge < -0.3 is 0 Å². The third kappa shape index (κ3) is 1.54. The standard InChI is InChI=1S/C10H10N2OS/c1-11-14(13)9-6-2-4-8-5-3-7-12-10(8)9/h2-7,11H,1H3. The molecule has 1 aromatic carbocycles. The molecule has 0 aliphatic carbocycles. The second kappa shape index (κ2) is 3.86. The van der Waals surface area contributed by atoms with Gasteiger partial charge in [-0.15, -0.1) is 0 Å². The molecule has 0 amide bonds. The average Bonchev–Trinajstić information content (AvgIpc) is 2.27. The molecular weight excluding hydrogens is 196 g/mol. The van der Waals surface area contributed by atoms with Gasteiger partial charge in [0.1, 0.15) is 11.0 Å². The van der Waals surface area contributed by atoms with Crippen LogP contribution in [0, 0.1) is 0 Å². The predicted molar refractivity (Wildman–Crippen MR) is 57.2 cm³/mol. The Balaban J connectivity index is 2.71. The summed E-state index contributed by atoms with van der Waals surface area (Å²) >= 11 is 0. The molecule has 0 fully saturated rings. The van der Waals surface area contributed by atoms with Crippen LogP contribution in [0.25, 0.3) is 10.9 Å². The number of aromatic nitrogens is 1. The minimum absolute atomic E-state index is 0.727. The minimum Gasteiger partial charge on any atom is -0.255 e. The van der Waals surface area contributed by atoms with E-state index < -0.39 is 11.0 Å². The Morgan fingerprint density at radius 3 is 2.86 bits per heavy atom. The van der Waals surface area contributed by atoms with Crippen molar-refractivity contribution < 1.29 is 4.21 Å². The molecule has 1 atom stereocenters. The molecule has 4 heteroatoms. The lowest BCUT2D eigenvalue weighted by Gasteiger charge is -2.03. The summed E-state index contributed by atoms with van der Waals surface area (Å²) in [5, 5.41) is 1.01. The highest BCUT2D eigenvalue weighted by Crippen LogP contribution is 2.17. The molecule has 0 saturated heterocycles. The van der Waals surface area contributed by atoms with Crippen molar-refractivity contribution in [3.63, 3.8) is 0 Å². The highest BCUT2D eigenvalue weighted by atomic mass is 32.2. The van der Waals surface area contributed by atoms with Crippen molar-refractivity contribution in [3.8, 4) is 0 Å². The van der Waals surface area contributed by atoms with Crippen LogP contribution < -0.4 is 4.72 Å². The van der Waals surface area contributed by atoms with Crippen molar-refractivity contribution in [3.05, 3.63) is 36.5 Å². The topological polar surface area (TPSA) is 42.0 Å². The number of nitrogens with zero attached hydrogens (tertiary/aromatic N) is 1. The van der Waals surface area contributed by atoms with E-state index in [4.69, 9.17) is 0 Å².